The predicted octanol–water partition coefficient (Wildman–Crippen LogP) is 2.11. The minimum atomic E-state index is -1.07. The van der Waals surface area contributed by atoms with Crippen molar-refractivity contribution in [2.75, 3.05) is 6.54 Å². The molecule has 1 saturated heterocycles. The number of Topliss-reactive ketones (excluding diaryl/α,β-unsaturated/α-hetero) is 1. The molecule has 46 heavy (non-hydrogen) atoms. The normalized spacial score (nSPS) is 23.7. The van der Waals surface area contributed by atoms with E-state index in [0.717, 1.165) is 37.0 Å². The summed E-state index contributed by atoms with van der Waals surface area (Å²) in [5.41, 5.74) is -0.338. The molecule has 2 aliphatic carbocycles. The van der Waals surface area contributed by atoms with Crippen LogP contribution in [0, 0.1) is 11.3 Å². The average Bonchev–Trinajstić information content (AvgIpc) is 3.70. The third kappa shape index (κ3) is 6.85. The van der Waals surface area contributed by atoms with E-state index in [1.54, 1.807) is 37.8 Å². The molecule has 12 nitrogen and oxygen atoms in total. The second-order valence-corrected chi connectivity index (χ2v) is 14.2. The summed E-state index contributed by atoms with van der Waals surface area (Å²) in [6, 6.07) is 3.20. The number of rotatable bonds is 11. The summed E-state index contributed by atoms with van der Waals surface area (Å²) in [7, 11) is 0. The Kier molecular flexibility index (Phi) is 9.65. The molecule has 2 saturated carbocycles. The summed E-state index contributed by atoms with van der Waals surface area (Å²) in [4.78, 5) is 95.6. The number of amides is 6. The van der Waals surface area contributed by atoms with Crippen molar-refractivity contribution in [1.82, 2.24) is 25.8 Å². The lowest BCUT2D eigenvalue weighted by atomic mass is 9.83. The van der Waals surface area contributed by atoms with Gasteiger partial charge in [-0.2, -0.15) is 0 Å². The summed E-state index contributed by atoms with van der Waals surface area (Å²) in [6.07, 6.45) is 6.37. The van der Waals surface area contributed by atoms with Gasteiger partial charge >= 0.3 is 0 Å². The quantitative estimate of drug-likeness (QED) is 0.248. The number of benzene rings is 1. The van der Waals surface area contributed by atoms with Crippen molar-refractivity contribution in [3.63, 3.8) is 0 Å². The third-order valence-corrected chi connectivity index (χ3v) is 9.59. The third-order valence-electron chi connectivity index (χ3n) is 9.59. The Balaban J connectivity index is 1.34. The molecule has 6 amide bonds. The predicted molar refractivity (Wildman–Crippen MR) is 167 cm³/mol. The first-order valence-electron chi connectivity index (χ1n) is 16.5. The van der Waals surface area contributed by atoms with Crippen LogP contribution in [0.15, 0.2) is 24.3 Å². The van der Waals surface area contributed by atoms with Crippen LogP contribution in [0.3, 0.4) is 0 Å². The van der Waals surface area contributed by atoms with Crippen LogP contribution in [0.25, 0.3) is 0 Å². The fraction of sp³-hybridized carbons (Fsp3) is 0.618. The fourth-order valence-corrected chi connectivity index (χ4v) is 7.01. The van der Waals surface area contributed by atoms with Crippen LogP contribution in [0.5, 0.6) is 0 Å². The zero-order chi connectivity index (χ0) is 33.3. The highest BCUT2D eigenvalue weighted by molar-refractivity contribution is 6.38. The van der Waals surface area contributed by atoms with Gasteiger partial charge in [0.25, 0.3) is 17.7 Å². The van der Waals surface area contributed by atoms with Gasteiger partial charge in [-0.05, 0) is 62.0 Å². The van der Waals surface area contributed by atoms with Gasteiger partial charge in [-0.3, -0.25) is 38.5 Å². The molecule has 2 aliphatic heterocycles. The van der Waals surface area contributed by atoms with E-state index in [1.165, 1.54) is 12.1 Å². The fourth-order valence-electron chi connectivity index (χ4n) is 7.01. The zero-order valence-corrected chi connectivity index (χ0v) is 27.1. The molecule has 248 valence electrons. The molecular weight excluding hydrogens is 590 g/mol. The van der Waals surface area contributed by atoms with Crippen LogP contribution >= 0.6 is 0 Å². The lowest BCUT2D eigenvalue weighted by molar-refractivity contribution is -0.147. The van der Waals surface area contributed by atoms with Crippen LogP contribution in [-0.2, 0) is 24.0 Å². The van der Waals surface area contributed by atoms with E-state index in [0.29, 0.717) is 19.3 Å². The summed E-state index contributed by atoms with van der Waals surface area (Å²) >= 11 is 0. The van der Waals surface area contributed by atoms with Crippen LogP contribution in [0.2, 0.25) is 0 Å². The van der Waals surface area contributed by atoms with Crippen LogP contribution in [-0.4, -0.2) is 87.8 Å². The molecule has 0 spiro atoms. The second-order valence-electron chi connectivity index (χ2n) is 14.2. The van der Waals surface area contributed by atoms with Gasteiger partial charge in [-0.25, -0.2) is 0 Å². The first-order valence-corrected chi connectivity index (χ1v) is 16.5. The van der Waals surface area contributed by atoms with Crippen molar-refractivity contribution in [3.8, 4) is 0 Å². The standard InChI is InChI=1S/C34H45N5O7/c1-5-10-23(27(41)30(43)35-20-15-16-20)36-29(42)25-17-19-11-6-9-14-24(19)39(25)33(46)28(34(2,3)4)37-26(40)18-38-31(44)21-12-7-8-13-22(21)32(38)45/h7-8,12-13,19-20,23-25,28H,5-6,9-11,14-18H2,1-4H3,(H,35,43)(H,36,42)(H,37,40)/t19-,23-,24-,25-,28+/m0/s1. The number of likely N-dealkylation sites (tertiary alicyclic amines) is 1. The molecule has 3 N–H and O–H groups in total. The largest absolute Gasteiger partial charge is 0.347 e. The number of carbonyl (C=O) groups excluding carboxylic acids is 7. The average molecular weight is 636 g/mol. The molecule has 4 aliphatic rings. The van der Waals surface area contributed by atoms with E-state index < -0.39 is 71.3 Å². The Morgan fingerprint density at radius 1 is 0.913 bits per heavy atom. The number of carbonyl (C=O) groups is 7. The minimum Gasteiger partial charge on any atom is -0.347 e. The van der Waals surface area contributed by atoms with Gasteiger partial charge in [0.1, 0.15) is 18.6 Å². The van der Waals surface area contributed by atoms with Gasteiger partial charge in [0.05, 0.1) is 17.2 Å². The van der Waals surface area contributed by atoms with Gasteiger partial charge < -0.3 is 20.9 Å². The second kappa shape index (κ2) is 13.3. The SMILES string of the molecule is CCC[C@H](NC(=O)[C@@H]1C[C@@H]2CCCC[C@@H]2N1C(=O)[C@@H](NC(=O)CN1C(=O)c2ccccc2C1=O)C(C)(C)C)C(=O)C(=O)NC1CC1. The van der Waals surface area contributed by atoms with Crippen molar-refractivity contribution in [3.05, 3.63) is 35.4 Å². The van der Waals surface area contributed by atoms with E-state index >= 15 is 0 Å². The van der Waals surface area contributed by atoms with Crippen LogP contribution < -0.4 is 16.0 Å². The molecular formula is C34H45N5O7. The number of hydrogen-bond donors (Lipinski definition) is 3. The molecule has 0 aromatic heterocycles. The molecule has 5 atom stereocenters. The highest BCUT2D eigenvalue weighted by Gasteiger charge is 2.51. The minimum absolute atomic E-state index is 0.00192. The van der Waals surface area contributed by atoms with Crippen molar-refractivity contribution in [2.24, 2.45) is 11.3 Å². The smallest absolute Gasteiger partial charge is 0.289 e. The zero-order valence-electron chi connectivity index (χ0n) is 27.1. The number of hydrogen-bond acceptors (Lipinski definition) is 7. The van der Waals surface area contributed by atoms with Gasteiger partial charge in [-0.1, -0.05) is 59.1 Å². The van der Waals surface area contributed by atoms with Gasteiger partial charge in [0, 0.05) is 12.1 Å². The maximum Gasteiger partial charge on any atom is 0.289 e. The summed E-state index contributed by atoms with van der Waals surface area (Å²) in [6.45, 7) is 6.72. The molecule has 3 fully saturated rings. The van der Waals surface area contributed by atoms with E-state index in [9.17, 15) is 33.6 Å². The Bertz CT molecular complexity index is 1400. The molecule has 0 unspecified atom stereocenters. The lowest BCUT2D eigenvalue weighted by Crippen LogP contribution is -2.61. The van der Waals surface area contributed by atoms with E-state index in [4.69, 9.17) is 0 Å². The molecule has 12 heteroatoms. The molecule has 0 radical (unpaired) electrons. The maximum atomic E-state index is 14.5. The number of imide groups is 1. The number of ketones is 1. The Hall–Kier alpha value is -4.09. The molecule has 5 rings (SSSR count). The van der Waals surface area contributed by atoms with Crippen molar-refractivity contribution >= 4 is 41.2 Å². The van der Waals surface area contributed by atoms with Crippen molar-refractivity contribution in [2.45, 2.75) is 116 Å². The number of fused-ring (bicyclic) bond motifs is 2. The maximum absolute atomic E-state index is 14.5. The van der Waals surface area contributed by atoms with Crippen molar-refractivity contribution in [1.29, 1.82) is 0 Å². The van der Waals surface area contributed by atoms with E-state index in [2.05, 4.69) is 16.0 Å². The number of nitrogens with zero attached hydrogens (tertiary/aromatic N) is 2. The number of nitrogens with one attached hydrogen (secondary N) is 3. The van der Waals surface area contributed by atoms with E-state index in [-0.39, 0.29) is 35.5 Å². The molecule has 0 bridgehead atoms. The Morgan fingerprint density at radius 2 is 1.54 bits per heavy atom. The summed E-state index contributed by atoms with van der Waals surface area (Å²) in [5, 5.41) is 8.29. The monoisotopic (exact) mass is 635 g/mol. The van der Waals surface area contributed by atoms with E-state index in [1.807, 2.05) is 6.92 Å². The highest BCUT2D eigenvalue weighted by Crippen LogP contribution is 2.41. The topological polar surface area (TPSA) is 162 Å². The lowest BCUT2D eigenvalue weighted by Gasteiger charge is -2.40. The van der Waals surface area contributed by atoms with Gasteiger partial charge in [0.15, 0.2) is 0 Å². The highest BCUT2D eigenvalue weighted by atomic mass is 16.2. The summed E-state index contributed by atoms with van der Waals surface area (Å²) < 4.78 is 0. The molecule has 2 heterocycles. The molecule has 1 aromatic rings. The van der Waals surface area contributed by atoms with Crippen LogP contribution in [0.4, 0.5) is 0 Å². The Labute approximate surface area is 269 Å². The molecule has 1 aromatic carbocycles. The van der Waals surface area contributed by atoms with Gasteiger partial charge in [0.2, 0.25) is 23.5 Å². The first kappa shape index (κ1) is 33.3. The summed E-state index contributed by atoms with van der Waals surface area (Å²) in [5.74, 6) is -4.04. The van der Waals surface area contributed by atoms with Crippen LogP contribution in [0.1, 0.15) is 106 Å². The Morgan fingerprint density at radius 3 is 2.13 bits per heavy atom. The van der Waals surface area contributed by atoms with Gasteiger partial charge in [-0.15, -0.1) is 0 Å². The van der Waals surface area contributed by atoms with Crippen molar-refractivity contribution < 1.29 is 33.6 Å². The first-order chi connectivity index (χ1) is 21.8.